The lowest BCUT2D eigenvalue weighted by atomic mass is 9.98. The van der Waals surface area contributed by atoms with Crippen LogP contribution < -0.4 is 4.74 Å². The van der Waals surface area contributed by atoms with Crippen molar-refractivity contribution in [1.82, 2.24) is 15.0 Å². The highest BCUT2D eigenvalue weighted by atomic mass is 32.2. The number of benzene rings is 1. The molecule has 1 aliphatic carbocycles. The molecule has 192 valence electrons. The highest BCUT2D eigenvalue weighted by Crippen LogP contribution is 2.68. The Hall–Kier alpha value is -2.84. The van der Waals surface area contributed by atoms with Gasteiger partial charge in [-0.25, -0.2) is 8.42 Å². The highest BCUT2D eigenvalue weighted by Gasteiger charge is 2.73. The summed E-state index contributed by atoms with van der Waals surface area (Å²) in [6, 6.07) is 2.91. The Bertz CT molecular complexity index is 1290. The fourth-order valence-electron chi connectivity index (χ4n) is 4.41. The van der Waals surface area contributed by atoms with E-state index < -0.39 is 62.2 Å². The maximum absolute atomic E-state index is 13.4. The molecule has 1 aromatic heterocycles. The van der Waals surface area contributed by atoms with Gasteiger partial charge in [-0.2, -0.15) is 31.3 Å². The smallest absolute Gasteiger partial charge is 0.471 e. The maximum atomic E-state index is 13.4. The molecule has 1 saturated carbocycles. The van der Waals surface area contributed by atoms with Gasteiger partial charge >= 0.3 is 18.2 Å². The summed E-state index contributed by atoms with van der Waals surface area (Å²) in [5, 5.41) is 3.45. The van der Waals surface area contributed by atoms with Gasteiger partial charge in [0.2, 0.25) is 0 Å². The Kier molecular flexibility index (Phi) is 5.47. The number of fused-ring (bicyclic) bond motifs is 1. The van der Waals surface area contributed by atoms with Gasteiger partial charge in [0, 0.05) is 24.8 Å². The van der Waals surface area contributed by atoms with Crippen LogP contribution in [0.15, 0.2) is 27.6 Å². The molecule has 2 fully saturated rings. The van der Waals surface area contributed by atoms with Gasteiger partial charge in [-0.1, -0.05) is 12.1 Å². The molecule has 1 aromatic carbocycles. The highest BCUT2D eigenvalue weighted by molar-refractivity contribution is 7.90. The lowest BCUT2D eigenvalue weighted by molar-refractivity contribution is -0.189. The zero-order valence-electron chi connectivity index (χ0n) is 18.5. The van der Waals surface area contributed by atoms with Crippen LogP contribution in [0.2, 0.25) is 0 Å². The molecule has 1 amide bonds. The van der Waals surface area contributed by atoms with Crippen LogP contribution in [-0.2, 0) is 21.4 Å². The standard InChI is InChI=1S/C20H19F6N3O5S/c1-10(19(21,22)23)33-13-5-4-11(35(3,31)32)6-12(13)14(30)29-8-17(2)7-18(17,9-29)15-27-16(34-28-15)20(24,25)26/h4-6,10H,7-9H2,1-3H3/t10-,17?,18?/m0/s1. The zero-order valence-corrected chi connectivity index (χ0v) is 19.3. The number of amides is 1. The predicted octanol–water partition coefficient (Wildman–Crippen LogP) is 3.63. The SMILES string of the molecule is C[C@H](Oc1ccc(S(C)(=O)=O)cc1C(=O)N1CC2(C)CC2(c2noc(C(F)(F)F)n2)C1)C(F)(F)F. The Morgan fingerprint density at radius 2 is 1.86 bits per heavy atom. The molecule has 2 aromatic rings. The average molecular weight is 527 g/mol. The average Bonchev–Trinajstić information content (AvgIpc) is 3.07. The van der Waals surface area contributed by atoms with Crippen LogP contribution in [0, 0.1) is 5.41 Å². The van der Waals surface area contributed by atoms with Crippen molar-refractivity contribution in [2.45, 2.75) is 49.0 Å². The van der Waals surface area contributed by atoms with Crippen molar-refractivity contribution >= 4 is 15.7 Å². The van der Waals surface area contributed by atoms with Crippen molar-refractivity contribution in [3.63, 3.8) is 0 Å². The number of halogens is 6. The van der Waals surface area contributed by atoms with Gasteiger partial charge in [-0.05, 0) is 31.5 Å². The lowest BCUT2D eigenvalue weighted by Gasteiger charge is -2.24. The predicted molar refractivity (Wildman–Crippen MR) is 105 cm³/mol. The van der Waals surface area contributed by atoms with Crippen LogP contribution in [-0.4, -0.2) is 61.0 Å². The fraction of sp³-hybridized carbons (Fsp3) is 0.550. The quantitative estimate of drug-likeness (QED) is 0.548. The number of ether oxygens (including phenoxy) is 1. The van der Waals surface area contributed by atoms with Crippen LogP contribution >= 0.6 is 0 Å². The third kappa shape index (κ3) is 4.34. The molecule has 2 aliphatic rings. The summed E-state index contributed by atoms with van der Waals surface area (Å²) in [5.41, 5.74) is -2.16. The molecule has 0 spiro atoms. The van der Waals surface area contributed by atoms with Gasteiger partial charge in [0.15, 0.2) is 21.8 Å². The van der Waals surface area contributed by atoms with Crippen molar-refractivity contribution in [3.05, 3.63) is 35.5 Å². The summed E-state index contributed by atoms with van der Waals surface area (Å²) in [4.78, 5) is 17.7. The van der Waals surface area contributed by atoms with E-state index in [1.165, 1.54) is 4.90 Å². The molecule has 0 N–H and O–H groups in total. The van der Waals surface area contributed by atoms with Crippen molar-refractivity contribution in [1.29, 1.82) is 0 Å². The minimum atomic E-state index is -4.85. The second kappa shape index (κ2) is 7.58. The number of alkyl halides is 6. The second-order valence-electron chi connectivity index (χ2n) is 9.13. The van der Waals surface area contributed by atoms with Crippen molar-refractivity contribution in [2.24, 2.45) is 5.41 Å². The molecule has 4 rings (SSSR count). The lowest BCUT2D eigenvalue weighted by Crippen LogP contribution is -2.35. The number of nitrogens with zero attached hydrogens (tertiary/aromatic N) is 3. The first-order valence-electron chi connectivity index (χ1n) is 10.2. The number of likely N-dealkylation sites (tertiary alicyclic amines) is 1. The van der Waals surface area contributed by atoms with Crippen molar-refractivity contribution in [3.8, 4) is 5.75 Å². The summed E-state index contributed by atoms with van der Waals surface area (Å²) < 4.78 is 111. The molecule has 35 heavy (non-hydrogen) atoms. The van der Waals surface area contributed by atoms with Gasteiger partial charge in [-0.15, -0.1) is 0 Å². The molecule has 3 atom stereocenters. The molecule has 8 nitrogen and oxygen atoms in total. The van der Waals surface area contributed by atoms with E-state index in [0.717, 1.165) is 31.4 Å². The normalized spacial score (nSPS) is 25.3. The molecule has 1 aliphatic heterocycles. The largest absolute Gasteiger partial charge is 0.480 e. The van der Waals surface area contributed by atoms with E-state index in [4.69, 9.17) is 4.74 Å². The minimum absolute atomic E-state index is 0.0269. The maximum Gasteiger partial charge on any atom is 0.471 e. The summed E-state index contributed by atoms with van der Waals surface area (Å²) in [6.07, 6.45) is -10.7. The number of piperidine rings is 1. The van der Waals surface area contributed by atoms with Crippen molar-refractivity contribution in [2.75, 3.05) is 19.3 Å². The molecular weight excluding hydrogens is 508 g/mol. The molecule has 0 bridgehead atoms. The third-order valence-electron chi connectivity index (χ3n) is 6.48. The van der Waals surface area contributed by atoms with E-state index in [-0.39, 0.29) is 23.8 Å². The van der Waals surface area contributed by atoms with Crippen LogP contribution in [0.5, 0.6) is 5.75 Å². The number of sulfone groups is 1. The number of rotatable bonds is 5. The first kappa shape index (κ1) is 25.3. The van der Waals surface area contributed by atoms with Crippen LogP contribution in [0.25, 0.3) is 0 Å². The summed E-state index contributed by atoms with van der Waals surface area (Å²) in [7, 11) is -3.82. The number of carbonyl (C=O) groups excluding carboxylic acids is 1. The Balaban J connectivity index is 1.67. The van der Waals surface area contributed by atoms with E-state index in [9.17, 15) is 39.6 Å². The minimum Gasteiger partial charge on any atom is -0.480 e. The van der Waals surface area contributed by atoms with E-state index in [0.29, 0.717) is 6.42 Å². The van der Waals surface area contributed by atoms with Gasteiger partial charge in [0.05, 0.1) is 15.9 Å². The van der Waals surface area contributed by atoms with Crippen LogP contribution in [0.4, 0.5) is 26.3 Å². The number of aromatic nitrogens is 2. The Morgan fingerprint density at radius 1 is 1.20 bits per heavy atom. The zero-order chi connectivity index (χ0) is 26.2. The first-order chi connectivity index (χ1) is 15.9. The second-order valence-corrected chi connectivity index (χ2v) is 11.1. The van der Waals surface area contributed by atoms with Gasteiger partial charge in [-0.3, -0.25) is 4.79 Å². The molecule has 1 saturated heterocycles. The van der Waals surface area contributed by atoms with E-state index in [2.05, 4.69) is 14.7 Å². The molecule has 0 radical (unpaired) electrons. The van der Waals surface area contributed by atoms with Gasteiger partial charge in [0.1, 0.15) is 5.75 Å². The van der Waals surface area contributed by atoms with E-state index in [1.807, 2.05) is 0 Å². The van der Waals surface area contributed by atoms with Crippen LogP contribution in [0.3, 0.4) is 0 Å². The Morgan fingerprint density at radius 3 is 2.40 bits per heavy atom. The molecule has 2 unspecified atom stereocenters. The first-order valence-corrected chi connectivity index (χ1v) is 12.0. The monoisotopic (exact) mass is 527 g/mol. The summed E-state index contributed by atoms with van der Waals surface area (Å²) in [6.45, 7) is 2.32. The topological polar surface area (TPSA) is 103 Å². The van der Waals surface area contributed by atoms with Crippen molar-refractivity contribution < 1.29 is 48.8 Å². The molecule has 15 heteroatoms. The van der Waals surface area contributed by atoms with Crippen LogP contribution in [0.1, 0.15) is 42.3 Å². The third-order valence-corrected chi connectivity index (χ3v) is 7.59. The number of hydrogen-bond donors (Lipinski definition) is 0. The molecule has 2 heterocycles. The number of hydrogen-bond acceptors (Lipinski definition) is 7. The number of carbonyl (C=O) groups is 1. The van der Waals surface area contributed by atoms with Gasteiger partial charge in [0.25, 0.3) is 5.91 Å². The van der Waals surface area contributed by atoms with E-state index >= 15 is 0 Å². The molecular formula is C20H19F6N3O5S. The summed E-state index contributed by atoms with van der Waals surface area (Å²) in [5.74, 6) is -3.08. The Labute approximate surface area is 195 Å². The summed E-state index contributed by atoms with van der Waals surface area (Å²) >= 11 is 0. The van der Waals surface area contributed by atoms with E-state index in [1.54, 1.807) is 6.92 Å². The van der Waals surface area contributed by atoms with Gasteiger partial charge < -0.3 is 14.2 Å². The fourth-order valence-corrected chi connectivity index (χ4v) is 5.06.